The van der Waals surface area contributed by atoms with Crippen LogP contribution in [0.25, 0.3) is 0 Å². The van der Waals surface area contributed by atoms with Crippen LogP contribution in [-0.4, -0.2) is 46.6 Å². The largest absolute Gasteiger partial charge is 0.497 e. The molecule has 2 aromatic rings. The van der Waals surface area contributed by atoms with Gasteiger partial charge in [0.25, 0.3) is 5.56 Å². The quantitative estimate of drug-likeness (QED) is 0.787. The Balaban J connectivity index is 1.72. The molecule has 1 amide bonds. The summed E-state index contributed by atoms with van der Waals surface area (Å²) in [7, 11) is 1.61. The van der Waals surface area contributed by atoms with Crippen molar-refractivity contribution in [2.75, 3.05) is 20.2 Å². The number of methoxy groups -OCH3 is 1. The second kappa shape index (κ2) is 7.17. The lowest BCUT2D eigenvalue weighted by molar-refractivity contribution is -0.130. The number of nitrogens with two attached hydrogens (primary N) is 1. The third kappa shape index (κ3) is 3.55. The molecule has 3 rings (SSSR count). The number of carbonyl (C=O) groups is 1. The molecule has 2 atom stereocenters. The molecule has 8 heteroatoms. The van der Waals surface area contributed by atoms with Crippen molar-refractivity contribution in [3.05, 3.63) is 62.4 Å². The van der Waals surface area contributed by atoms with Crippen LogP contribution in [-0.2, 0) is 11.3 Å². The van der Waals surface area contributed by atoms with Gasteiger partial charge in [-0.25, -0.2) is 4.79 Å². The van der Waals surface area contributed by atoms with Crippen LogP contribution < -0.4 is 21.7 Å². The molecule has 26 heavy (non-hydrogen) atoms. The highest BCUT2D eigenvalue weighted by atomic mass is 16.5. The zero-order valence-electron chi connectivity index (χ0n) is 14.8. The van der Waals surface area contributed by atoms with Gasteiger partial charge in [-0.15, -0.1) is 0 Å². The van der Waals surface area contributed by atoms with E-state index in [2.05, 4.69) is 4.98 Å². The van der Waals surface area contributed by atoms with Crippen molar-refractivity contribution >= 4 is 5.91 Å². The highest BCUT2D eigenvalue weighted by Gasteiger charge is 2.33. The third-order valence-corrected chi connectivity index (χ3v) is 4.76. The second-order valence-corrected chi connectivity index (χ2v) is 6.54. The number of ether oxygens (including phenoxy) is 1. The normalized spacial score (nSPS) is 19.6. The number of likely N-dealkylation sites (tertiary alicyclic amines) is 1. The summed E-state index contributed by atoms with van der Waals surface area (Å²) in [5, 5.41) is 0. The Hall–Kier alpha value is -2.87. The first kappa shape index (κ1) is 17.9. The van der Waals surface area contributed by atoms with Gasteiger partial charge in [-0.3, -0.25) is 19.1 Å². The fourth-order valence-corrected chi connectivity index (χ4v) is 3.22. The minimum atomic E-state index is -0.593. The summed E-state index contributed by atoms with van der Waals surface area (Å²) in [5.74, 6) is 0.588. The number of H-pyrrole nitrogens is 1. The van der Waals surface area contributed by atoms with Gasteiger partial charge in [0.15, 0.2) is 0 Å². The second-order valence-electron chi connectivity index (χ2n) is 6.54. The van der Waals surface area contributed by atoms with E-state index in [0.717, 1.165) is 11.3 Å². The number of hydrogen-bond donors (Lipinski definition) is 2. The van der Waals surface area contributed by atoms with Crippen LogP contribution in [0, 0.1) is 6.92 Å². The van der Waals surface area contributed by atoms with Gasteiger partial charge in [-0.2, -0.15) is 0 Å². The van der Waals surface area contributed by atoms with E-state index in [0.29, 0.717) is 18.7 Å². The van der Waals surface area contributed by atoms with Crippen molar-refractivity contribution in [1.29, 1.82) is 0 Å². The van der Waals surface area contributed by atoms with Gasteiger partial charge < -0.3 is 15.4 Å². The minimum absolute atomic E-state index is 0.0268. The molecule has 0 spiro atoms. The number of hydrogen-bond acceptors (Lipinski definition) is 5. The molecule has 2 heterocycles. The number of aromatic amines is 1. The molecule has 1 saturated heterocycles. The van der Waals surface area contributed by atoms with Crippen molar-refractivity contribution in [3.63, 3.8) is 0 Å². The standard InChI is InChI=1S/C18H22N4O4/c1-11-7-22(18(25)20-17(11)24)10-16(23)21-8-14(15(19)9-21)12-3-5-13(26-2)6-4-12/h3-7,14-15H,8-10,19H2,1-2H3,(H,20,24,25)/t14-,15+/m1/s1. The number of benzene rings is 1. The van der Waals surface area contributed by atoms with Gasteiger partial charge in [0.2, 0.25) is 5.91 Å². The number of amides is 1. The van der Waals surface area contributed by atoms with Crippen LogP contribution in [0.4, 0.5) is 0 Å². The summed E-state index contributed by atoms with van der Waals surface area (Å²) < 4.78 is 6.37. The molecule has 8 nitrogen and oxygen atoms in total. The average Bonchev–Trinajstić information content (AvgIpc) is 3.01. The van der Waals surface area contributed by atoms with Gasteiger partial charge in [0, 0.05) is 36.8 Å². The predicted octanol–water partition coefficient (Wildman–Crippen LogP) is -0.193. The maximum Gasteiger partial charge on any atom is 0.328 e. The highest BCUT2D eigenvalue weighted by Crippen LogP contribution is 2.28. The zero-order chi connectivity index (χ0) is 18.8. The minimum Gasteiger partial charge on any atom is -0.497 e. The summed E-state index contributed by atoms with van der Waals surface area (Å²) in [5.41, 5.74) is 6.63. The molecule has 1 aromatic carbocycles. The van der Waals surface area contributed by atoms with Gasteiger partial charge >= 0.3 is 5.69 Å². The molecule has 0 unspecified atom stereocenters. The number of aromatic nitrogens is 2. The molecule has 1 fully saturated rings. The van der Waals surface area contributed by atoms with Crippen molar-refractivity contribution in [3.8, 4) is 5.75 Å². The van der Waals surface area contributed by atoms with E-state index < -0.39 is 11.2 Å². The molecule has 0 aliphatic carbocycles. The van der Waals surface area contributed by atoms with Crippen molar-refractivity contribution in [2.45, 2.75) is 25.4 Å². The van der Waals surface area contributed by atoms with E-state index in [1.165, 1.54) is 10.8 Å². The molecule has 3 N–H and O–H groups in total. The summed E-state index contributed by atoms with van der Waals surface area (Å²) in [6.45, 7) is 2.37. The van der Waals surface area contributed by atoms with E-state index in [-0.39, 0.29) is 24.4 Å². The first-order chi connectivity index (χ1) is 12.4. The number of aryl methyl sites for hydroxylation is 1. The van der Waals surface area contributed by atoms with E-state index in [1.54, 1.807) is 18.9 Å². The van der Waals surface area contributed by atoms with Crippen molar-refractivity contribution in [2.24, 2.45) is 5.73 Å². The molecule has 0 saturated carbocycles. The number of nitrogens with zero attached hydrogens (tertiary/aromatic N) is 2. The highest BCUT2D eigenvalue weighted by molar-refractivity contribution is 5.76. The Kier molecular flexibility index (Phi) is 4.94. The number of rotatable bonds is 4. The molecular weight excluding hydrogens is 336 g/mol. The maximum atomic E-state index is 12.6. The first-order valence-corrected chi connectivity index (χ1v) is 8.36. The van der Waals surface area contributed by atoms with Crippen LogP contribution in [0.2, 0.25) is 0 Å². The molecule has 0 radical (unpaired) electrons. The van der Waals surface area contributed by atoms with Gasteiger partial charge in [0.05, 0.1) is 7.11 Å². The Labute approximate surface area is 150 Å². The van der Waals surface area contributed by atoms with E-state index in [1.807, 2.05) is 24.3 Å². The van der Waals surface area contributed by atoms with E-state index >= 15 is 0 Å². The van der Waals surface area contributed by atoms with Crippen molar-refractivity contribution in [1.82, 2.24) is 14.5 Å². The number of carbonyl (C=O) groups excluding carboxylic acids is 1. The molecule has 138 valence electrons. The SMILES string of the molecule is COc1ccc([C@H]2CN(C(=O)Cn3cc(C)c(=O)[nH]c3=O)C[C@@H]2N)cc1. The van der Waals surface area contributed by atoms with Gasteiger partial charge in [-0.05, 0) is 24.6 Å². The molecule has 1 aliphatic heterocycles. The van der Waals surface area contributed by atoms with E-state index in [9.17, 15) is 14.4 Å². The third-order valence-electron chi connectivity index (χ3n) is 4.76. The lowest BCUT2D eigenvalue weighted by Crippen LogP contribution is -2.38. The fraction of sp³-hybridized carbons (Fsp3) is 0.389. The van der Waals surface area contributed by atoms with Crippen LogP contribution in [0.15, 0.2) is 40.1 Å². The Morgan fingerprint density at radius 2 is 1.96 bits per heavy atom. The van der Waals surface area contributed by atoms with Gasteiger partial charge in [0.1, 0.15) is 12.3 Å². The molecule has 1 aliphatic rings. The summed E-state index contributed by atoms with van der Waals surface area (Å²) in [6.07, 6.45) is 1.40. The monoisotopic (exact) mass is 358 g/mol. The van der Waals surface area contributed by atoms with Crippen LogP contribution in [0.5, 0.6) is 5.75 Å². The maximum absolute atomic E-state index is 12.6. The first-order valence-electron chi connectivity index (χ1n) is 8.36. The Morgan fingerprint density at radius 3 is 2.62 bits per heavy atom. The van der Waals surface area contributed by atoms with Crippen molar-refractivity contribution < 1.29 is 9.53 Å². The molecule has 1 aromatic heterocycles. The molecule has 0 bridgehead atoms. The Bertz CT molecular complexity index is 916. The average molecular weight is 358 g/mol. The van der Waals surface area contributed by atoms with Crippen LogP contribution >= 0.6 is 0 Å². The van der Waals surface area contributed by atoms with Gasteiger partial charge in [-0.1, -0.05) is 12.1 Å². The zero-order valence-corrected chi connectivity index (χ0v) is 14.8. The summed E-state index contributed by atoms with van der Waals surface area (Å²) in [6, 6.07) is 7.46. The fourth-order valence-electron chi connectivity index (χ4n) is 3.22. The smallest absolute Gasteiger partial charge is 0.328 e. The van der Waals surface area contributed by atoms with E-state index in [4.69, 9.17) is 10.5 Å². The Morgan fingerprint density at radius 1 is 1.27 bits per heavy atom. The summed E-state index contributed by atoms with van der Waals surface area (Å²) >= 11 is 0. The lowest BCUT2D eigenvalue weighted by atomic mass is 9.95. The lowest BCUT2D eigenvalue weighted by Gasteiger charge is -2.17. The number of nitrogens with one attached hydrogen (secondary N) is 1. The van der Waals surface area contributed by atoms with Crippen LogP contribution in [0.1, 0.15) is 17.0 Å². The predicted molar refractivity (Wildman–Crippen MR) is 96.4 cm³/mol. The van der Waals surface area contributed by atoms with Crippen LogP contribution in [0.3, 0.4) is 0 Å². The summed E-state index contributed by atoms with van der Waals surface area (Å²) in [4.78, 5) is 39.7. The topological polar surface area (TPSA) is 110 Å². The molecular formula is C18H22N4O4.